The first-order chi connectivity index (χ1) is 11.5. The van der Waals surface area contributed by atoms with Crippen LogP contribution in [-0.4, -0.2) is 81.3 Å². The molecule has 6 heteroatoms. The van der Waals surface area contributed by atoms with E-state index < -0.39 is 0 Å². The maximum absolute atomic E-state index is 5.04. The molecule has 0 bridgehead atoms. The van der Waals surface area contributed by atoms with Crippen LogP contribution in [0.15, 0.2) is 0 Å². The minimum absolute atomic E-state index is 0.306. The van der Waals surface area contributed by atoms with Gasteiger partial charge in [-0.15, -0.1) is 0 Å². The quantitative estimate of drug-likeness (QED) is 0.474. The molecule has 0 aromatic heterocycles. The summed E-state index contributed by atoms with van der Waals surface area (Å²) >= 11 is 0. The second-order valence-electron chi connectivity index (χ2n) is 5.36. The van der Waals surface area contributed by atoms with E-state index in [1.807, 2.05) is 13.8 Å². The number of rotatable bonds is 13. The molecule has 0 amide bonds. The first-order valence-electron chi connectivity index (χ1n) is 8.55. The molecule has 0 aliphatic rings. The van der Waals surface area contributed by atoms with Crippen LogP contribution in [0.4, 0.5) is 0 Å². The normalized spacial score (nSPS) is 12.5. The largest absolute Gasteiger partial charge is 0.385 e. The highest BCUT2D eigenvalue weighted by Gasteiger charge is 2.04. The molecule has 0 aliphatic heterocycles. The summed E-state index contributed by atoms with van der Waals surface area (Å²) in [5.74, 6) is 0. The van der Waals surface area contributed by atoms with Crippen molar-refractivity contribution in [3.8, 4) is 0 Å². The summed E-state index contributed by atoms with van der Waals surface area (Å²) in [6.45, 7) is 7.37. The average Bonchev–Trinajstić information content (AvgIpc) is 2.60. The first kappa shape index (κ1) is 28.6. The second-order valence-corrected chi connectivity index (χ2v) is 5.36. The predicted octanol–water partition coefficient (Wildman–Crippen LogP) is 3.18. The number of ether oxygens (including phenoxy) is 6. The number of unbranched alkanes of at least 4 members (excludes halogenated alkanes) is 1. The summed E-state index contributed by atoms with van der Waals surface area (Å²) in [5.41, 5.74) is 0. The monoisotopic (exact) mass is 354 g/mol. The first-order valence-corrected chi connectivity index (χ1v) is 8.55. The topological polar surface area (TPSA) is 55.4 Å². The van der Waals surface area contributed by atoms with Crippen molar-refractivity contribution in [2.75, 3.05) is 69.1 Å². The molecule has 6 nitrogen and oxygen atoms in total. The molecule has 0 radical (unpaired) electrons. The van der Waals surface area contributed by atoms with Gasteiger partial charge in [-0.25, -0.2) is 0 Å². The van der Waals surface area contributed by atoms with E-state index in [-0.39, 0.29) is 0 Å². The minimum Gasteiger partial charge on any atom is -0.385 e. The van der Waals surface area contributed by atoms with Crippen molar-refractivity contribution in [2.45, 2.75) is 51.7 Å². The van der Waals surface area contributed by atoms with Gasteiger partial charge in [0.15, 0.2) is 0 Å². The molecule has 0 aromatic carbocycles. The van der Waals surface area contributed by atoms with E-state index in [9.17, 15) is 0 Å². The van der Waals surface area contributed by atoms with Gasteiger partial charge in [0.05, 0.1) is 12.2 Å². The molecule has 0 heterocycles. The summed E-state index contributed by atoms with van der Waals surface area (Å²) in [7, 11) is 10.2. The molecule has 0 fully saturated rings. The molecule has 0 saturated heterocycles. The molecule has 0 N–H and O–H groups in total. The van der Waals surface area contributed by atoms with Crippen LogP contribution in [0.25, 0.3) is 0 Å². The zero-order valence-corrected chi connectivity index (χ0v) is 17.3. The van der Waals surface area contributed by atoms with E-state index in [1.54, 1.807) is 42.7 Å². The smallest absolute Gasteiger partial charge is 0.0567 e. The van der Waals surface area contributed by atoms with Crippen LogP contribution in [0.1, 0.15) is 39.5 Å². The molecular weight excluding hydrogens is 312 g/mol. The van der Waals surface area contributed by atoms with Crippen LogP contribution in [0.3, 0.4) is 0 Å². The molecule has 0 saturated carbocycles. The maximum atomic E-state index is 5.04. The molecule has 0 aliphatic carbocycles. The molecule has 0 aromatic rings. The van der Waals surface area contributed by atoms with Crippen molar-refractivity contribution >= 4 is 0 Å². The van der Waals surface area contributed by atoms with E-state index in [1.165, 1.54) is 0 Å². The minimum atomic E-state index is 0.306. The van der Waals surface area contributed by atoms with Gasteiger partial charge >= 0.3 is 0 Å². The molecule has 0 spiro atoms. The van der Waals surface area contributed by atoms with Crippen LogP contribution >= 0.6 is 0 Å². The molecule has 2 atom stereocenters. The summed E-state index contributed by atoms with van der Waals surface area (Å²) in [5, 5.41) is 0. The Labute approximate surface area is 150 Å². The van der Waals surface area contributed by atoms with Gasteiger partial charge < -0.3 is 28.4 Å². The fourth-order valence-corrected chi connectivity index (χ4v) is 1.50. The van der Waals surface area contributed by atoms with Gasteiger partial charge in [0.2, 0.25) is 0 Å². The Hall–Kier alpha value is -0.240. The van der Waals surface area contributed by atoms with Gasteiger partial charge in [0.1, 0.15) is 0 Å². The highest BCUT2D eigenvalue weighted by molar-refractivity contribution is 4.55. The van der Waals surface area contributed by atoms with E-state index in [2.05, 4.69) is 0 Å². The Balaban J connectivity index is -0.000000278. The lowest BCUT2D eigenvalue weighted by atomic mass is 10.2. The van der Waals surface area contributed by atoms with E-state index in [0.29, 0.717) is 12.2 Å². The van der Waals surface area contributed by atoms with Crippen molar-refractivity contribution in [1.29, 1.82) is 0 Å². The van der Waals surface area contributed by atoms with Crippen LogP contribution < -0.4 is 0 Å². The lowest BCUT2D eigenvalue weighted by molar-refractivity contribution is 0.0397. The Morgan fingerprint density at radius 1 is 0.500 bits per heavy atom. The van der Waals surface area contributed by atoms with Gasteiger partial charge in [-0.2, -0.15) is 0 Å². The molecule has 24 heavy (non-hydrogen) atoms. The van der Waals surface area contributed by atoms with Crippen LogP contribution in [-0.2, 0) is 28.4 Å². The number of hydrogen-bond acceptors (Lipinski definition) is 6. The maximum Gasteiger partial charge on any atom is 0.0567 e. The van der Waals surface area contributed by atoms with Gasteiger partial charge in [0, 0.05) is 69.1 Å². The molecular formula is C18H42O6. The Morgan fingerprint density at radius 3 is 1.04 bits per heavy atom. The standard InChI is InChI=1S/C7H16O2.C6H14O2.C5H12O2/c1-6(8-3)5-7(2)9-4;1-7-5-3-4-6-8-2;1-6-4-3-5-7-2/h6-7H,5H2,1-4H3;3-6H2,1-2H3;3-5H2,1-2H3. The van der Waals surface area contributed by atoms with Crippen molar-refractivity contribution < 1.29 is 28.4 Å². The van der Waals surface area contributed by atoms with Crippen molar-refractivity contribution in [3.05, 3.63) is 0 Å². The highest BCUT2D eigenvalue weighted by Crippen LogP contribution is 2.02. The fourth-order valence-electron chi connectivity index (χ4n) is 1.50. The van der Waals surface area contributed by atoms with E-state index in [4.69, 9.17) is 28.4 Å². The third-order valence-electron chi connectivity index (χ3n) is 3.11. The van der Waals surface area contributed by atoms with Crippen molar-refractivity contribution in [2.24, 2.45) is 0 Å². The second kappa shape index (κ2) is 27.6. The Bertz CT molecular complexity index is 174. The van der Waals surface area contributed by atoms with Gasteiger partial charge in [-0.3, -0.25) is 0 Å². The number of methoxy groups -OCH3 is 6. The fraction of sp³-hybridized carbons (Fsp3) is 1.00. The molecule has 2 unspecified atom stereocenters. The summed E-state index contributed by atoms with van der Waals surface area (Å²) in [6, 6.07) is 0. The van der Waals surface area contributed by atoms with Crippen molar-refractivity contribution in [3.63, 3.8) is 0 Å². The average molecular weight is 355 g/mol. The SMILES string of the molecule is COC(C)CC(C)OC.COCCCCOC.COCCCOC. The molecule has 150 valence electrons. The van der Waals surface area contributed by atoms with Crippen molar-refractivity contribution in [1.82, 2.24) is 0 Å². The Kier molecular flexibility index (Phi) is 32.8. The van der Waals surface area contributed by atoms with Gasteiger partial charge in [-0.05, 0) is 39.5 Å². The predicted molar refractivity (Wildman–Crippen MR) is 98.9 cm³/mol. The van der Waals surface area contributed by atoms with Crippen LogP contribution in [0, 0.1) is 0 Å². The highest BCUT2D eigenvalue weighted by atomic mass is 16.5. The zero-order chi connectivity index (χ0) is 19.1. The summed E-state index contributed by atoms with van der Waals surface area (Å²) in [4.78, 5) is 0. The summed E-state index contributed by atoms with van der Waals surface area (Å²) < 4.78 is 29.3. The number of hydrogen-bond donors (Lipinski definition) is 0. The van der Waals surface area contributed by atoms with Crippen LogP contribution in [0.5, 0.6) is 0 Å². The van der Waals surface area contributed by atoms with Gasteiger partial charge in [-0.1, -0.05) is 0 Å². The summed E-state index contributed by atoms with van der Waals surface area (Å²) in [6.07, 6.45) is 4.77. The van der Waals surface area contributed by atoms with Gasteiger partial charge in [0.25, 0.3) is 0 Å². The lowest BCUT2D eigenvalue weighted by Crippen LogP contribution is -2.15. The van der Waals surface area contributed by atoms with E-state index >= 15 is 0 Å². The third kappa shape index (κ3) is 33.4. The zero-order valence-electron chi connectivity index (χ0n) is 17.3. The Morgan fingerprint density at radius 2 is 0.792 bits per heavy atom. The van der Waals surface area contributed by atoms with E-state index in [0.717, 1.165) is 52.1 Å². The lowest BCUT2D eigenvalue weighted by Gasteiger charge is -2.13. The van der Waals surface area contributed by atoms with Crippen LogP contribution in [0.2, 0.25) is 0 Å². The third-order valence-corrected chi connectivity index (χ3v) is 3.11. The molecule has 0 rings (SSSR count).